The zero-order valence-electron chi connectivity index (χ0n) is 7.41. The SMILES string of the molecule is CCCOCc1nc(=S)nc(N)[nH]1. The Balaban J connectivity index is 2.61. The fourth-order valence-corrected chi connectivity index (χ4v) is 1.04. The molecule has 72 valence electrons. The number of nitrogens with zero attached hydrogens (tertiary/aromatic N) is 2. The van der Waals surface area contributed by atoms with Gasteiger partial charge in [0.25, 0.3) is 0 Å². The summed E-state index contributed by atoms with van der Waals surface area (Å²) in [6.07, 6.45) is 0.974. The molecule has 1 aromatic rings. The fourth-order valence-electron chi connectivity index (χ4n) is 0.829. The van der Waals surface area contributed by atoms with Gasteiger partial charge in [-0.05, 0) is 18.6 Å². The van der Waals surface area contributed by atoms with E-state index in [0.717, 1.165) is 6.42 Å². The smallest absolute Gasteiger partial charge is 0.224 e. The van der Waals surface area contributed by atoms with Crippen molar-refractivity contribution in [2.45, 2.75) is 20.0 Å². The van der Waals surface area contributed by atoms with Crippen molar-refractivity contribution in [2.24, 2.45) is 0 Å². The van der Waals surface area contributed by atoms with E-state index in [1.807, 2.05) is 6.92 Å². The number of nitrogens with one attached hydrogen (secondary N) is 1. The van der Waals surface area contributed by atoms with Gasteiger partial charge < -0.3 is 15.5 Å². The zero-order chi connectivity index (χ0) is 9.68. The fraction of sp³-hybridized carbons (Fsp3) is 0.571. The lowest BCUT2D eigenvalue weighted by molar-refractivity contribution is 0.116. The Kier molecular flexibility index (Phi) is 3.78. The van der Waals surface area contributed by atoms with Gasteiger partial charge in [0.05, 0.1) is 0 Å². The summed E-state index contributed by atoms with van der Waals surface area (Å²) in [5.41, 5.74) is 5.43. The molecule has 5 nitrogen and oxygen atoms in total. The number of anilines is 1. The van der Waals surface area contributed by atoms with Crippen LogP contribution in [-0.4, -0.2) is 21.6 Å². The van der Waals surface area contributed by atoms with Gasteiger partial charge in [0, 0.05) is 6.61 Å². The molecular formula is C7H12N4OS. The molecule has 3 N–H and O–H groups in total. The van der Waals surface area contributed by atoms with Crippen LogP contribution in [0.1, 0.15) is 19.2 Å². The van der Waals surface area contributed by atoms with Crippen LogP contribution in [0.5, 0.6) is 0 Å². The number of aromatic nitrogens is 3. The van der Waals surface area contributed by atoms with Crippen LogP contribution >= 0.6 is 12.2 Å². The van der Waals surface area contributed by atoms with E-state index in [4.69, 9.17) is 22.7 Å². The van der Waals surface area contributed by atoms with Crippen molar-refractivity contribution in [3.05, 3.63) is 10.6 Å². The number of rotatable bonds is 4. The summed E-state index contributed by atoms with van der Waals surface area (Å²) in [6.45, 7) is 3.13. The van der Waals surface area contributed by atoms with Crippen molar-refractivity contribution >= 4 is 18.2 Å². The van der Waals surface area contributed by atoms with E-state index in [1.165, 1.54) is 0 Å². The molecule has 0 unspecified atom stereocenters. The van der Waals surface area contributed by atoms with E-state index >= 15 is 0 Å². The normalized spacial score (nSPS) is 10.2. The molecule has 0 aliphatic rings. The molecule has 0 fully saturated rings. The minimum Gasteiger partial charge on any atom is -0.374 e. The monoisotopic (exact) mass is 200 g/mol. The molecule has 0 aliphatic heterocycles. The van der Waals surface area contributed by atoms with Gasteiger partial charge in [-0.15, -0.1) is 0 Å². The average Bonchev–Trinajstić information content (AvgIpc) is 2.03. The Morgan fingerprint density at radius 1 is 1.54 bits per heavy atom. The van der Waals surface area contributed by atoms with Crippen LogP contribution in [0.3, 0.4) is 0 Å². The van der Waals surface area contributed by atoms with Crippen molar-refractivity contribution in [1.29, 1.82) is 0 Å². The minimum atomic E-state index is 0.242. The Bertz CT molecular complexity index is 325. The maximum atomic E-state index is 5.43. The first-order chi connectivity index (χ1) is 6.22. The van der Waals surface area contributed by atoms with Crippen LogP contribution < -0.4 is 5.73 Å². The van der Waals surface area contributed by atoms with Crippen molar-refractivity contribution in [3.63, 3.8) is 0 Å². The van der Waals surface area contributed by atoms with Crippen molar-refractivity contribution < 1.29 is 4.74 Å². The summed E-state index contributed by atoms with van der Waals surface area (Å²) in [6, 6.07) is 0. The van der Waals surface area contributed by atoms with Crippen molar-refractivity contribution in [2.75, 3.05) is 12.3 Å². The van der Waals surface area contributed by atoms with Gasteiger partial charge in [0.15, 0.2) is 0 Å². The first kappa shape index (κ1) is 10.1. The lowest BCUT2D eigenvalue weighted by Gasteiger charge is -2.02. The summed E-state index contributed by atoms with van der Waals surface area (Å²) in [5, 5.41) is 0. The molecule has 0 spiro atoms. The van der Waals surface area contributed by atoms with Crippen LogP contribution in [0.2, 0.25) is 0 Å². The predicted octanol–water partition coefficient (Wildman–Crippen LogP) is 1.04. The number of nitrogens with two attached hydrogens (primary N) is 1. The van der Waals surface area contributed by atoms with Gasteiger partial charge in [-0.1, -0.05) is 6.92 Å². The molecule has 0 saturated heterocycles. The highest BCUT2D eigenvalue weighted by Crippen LogP contribution is 1.96. The number of ether oxygens (including phenoxy) is 1. The zero-order valence-corrected chi connectivity index (χ0v) is 8.23. The molecule has 1 aromatic heterocycles. The lowest BCUT2D eigenvalue weighted by atomic mass is 10.5. The molecule has 1 heterocycles. The van der Waals surface area contributed by atoms with Gasteiger partial charge in [-0.25, -0.2) is 4.98 Å². The van der Waals surface area contributed by atoms with E-state index in [-0.39, 0.29) is 10.7 Å². The second kappa shape index (κ2) is 4.88. The molecule has 13 heavy (non-hydrogen) atoms. The van der Waals surface area contributed by atoms with Gasteiger partial charge in [0.2, 0.25) is 10.7 Å². The summed E-state index contributed by atoms with van der Waals surface area (Å²) in [4.78, 5) is 10.5. The highest BCUT2D eigenvalue weighted by molar-refractivity contribution is 7.71. The third-order valence-electron chi connectivity index (χ3n) is 1.31. The first-order valence-corrected chi connectivity index (χ1v) is 4.43. The number of H-pyrrole nitrogens is 1. The van der Waals surface area contributed by atoms with Gasteiger partial charge in [0.1, 0.15) is 12.4 Å². The maximum absolute atomic E-state index is 5.43. The van der Waals surface area contributed by atoms with E-state index in [0.29, 0.717) is 19.0 Å². The Morgan fingerprint density at radius 2 is 2.31 bits per heavy atom. The molecule has 0 bridgehead atoms. The van der Waals surface area contributed by atoms with Crippen molar-refractivity contribution in [1.82, 2.24) is 15.0 Å². The molecule has 1 rings (SSSR count). The minimum absolute atomic E-state index is 0.242. The molecule has 0 aromatic carbocycles. The van der Waals surface area contributed by atoms with E-state index < -0.39 is 0 Å². The van der Waals surface area contributed by atoms with Gasteiger partial charge >= 0.3 is 0 Å². The topological polar surface area (TPSA) is 76.8 Å². The van der Waals surface area contributed by atoms with Crippen LogP contribution in [0.4, 0.5) is 5.95 Å². The van der Waals surface area contributed by atoms with Crippen LogP contribution in [-0.2, 0) is 11.3 Å². The molecule has 0 radical (unpaired) electrons. The third kappa shape index (κ3) is 3.47. The molecule has 0 amide bonds. The summed E-state index contributed by atoms with van der Waals surface area (Å²) < 4.78 is 5.50. The van der Waals surface area contributed by atoms with E-state index in [9.17, 15) is 0 Å². The number of hydrogen-bond donors (Lipinski definition) is 2. The Morgan fingerprint density at radius 3 is 2.92 bits per heavy atom. The quantitative estimate of drug-likeness (QED) is 0.561. The number of aromatic amines is 1. The number of nitrogen functional groups attached to an aromatic ring is 1. The van der Waals surface area contributed by atoms with Crippen LogP contribution in [0, 0.1) is 4.77 Å². The molecule has 6 heteroatoms. The Hall–Kier alpha value is -1.01. The highest BCUT2D eigenvalue weighted by Gasteiger charge is 1.96. The summed E-state index contributed by atoms with van der Waals surface area (Å²) in [5.74, 6) is 0.890. The maximum Gasteiger partial charge on any atom is 0.224 e. The number of hydrogen-bond acceptors (Lipinski definition) is 5. The van der Waals surface area contributed by atoms with Gasteiger partial charge in [-0.3, -0.25) is 0 Å². The highest BCUT2D eigenvalue weighted by atomic mass is 32.1. The first-order valence-electron chi connectivity index (χ1n) is 4.03. The summed E-state index contributed by atoms with van der Waals surface area (Å²) >= 11 is 4.79. The molecular weight excluding hydrogens is 188 g/mol. The van der Waals surface area contributed by atoms with Crippen LogP contribution in [0.25, 0.3) is 0 Å². The lowest BCUT2D eigenvalue weighted by Crippen LogP contribution is -2.05. The standard InChI is InChI=1S/C7H12N4OS/c1-2-3-12-4-5-9-6(8)11-7(13)10-5/h2-4H2,1H3,(H3,8,9,10,11,13). The molecule has 0 saturated carbocycles. The Labute approximate surface area is 81.4 Å². The molecule has 0 atom stereocenters. The second-order valence-electron chi connectivity index (χ2n) is 2.52. The van der Waals surface area contributed by atoms with E-state index in [2.05, 4.69) is 15.0 Å². The van der Waals surface area contributed by atoms with Gasteiger partial charge in [-0.2, -0.15) is 4.98 Å². The predicted molar refractivity (Wildman–Crippen MR) is 51.6 cm³/mol. The van der Waals surface area contributed by atoms with E-state index in [1.54, 1.807) is 0 Å². The van der Waals surface area contributed by atoms with Crippen molar-refractivity contribution in [3.8, 4) is 0 Å². The van der Waals surface area contributed by atoms with Crippen LogP contribution in [0.15, 0.2) is 0 Å². The summed E-state index contributed by atoms with van der Waals surface area (Å²) in [7, 11) is 0. The second-order valence-corrected chi connectivity index (χ2v) is 2.88. The largest absolute Gasteiger partial charge is 0.374 e. The molecule has 0 aliphatic carbocycles. The third-order valence-corrected chi connectivity index (χ3v) is 1.49. The average molecular weight is 200 g/mol.